The molecule has 0 bridgehead atoms. The van der Waals surface area contributed by atoms with Gasteiger partial charge in [0.2, 0.25) is 0 Å². The van der Waals surface area contributed by atoms with Crippen LogP contribution in [0.1, 0.15) is 29.2 Å². The van der Waals surface area contributed by atoms with Crippen molar-refractivity contribution < 1.29 is 34.8 Å². The third-order valence-corrected chi connectivity index (χ3v) is 7.10. The van der Waals surface area contributed by atoms with Crippen LogP contribution in [0, 0.1) is 23.0 Å². The number of furan rings is 1. The highest BCUT2D eigenvalue weighted by atomic mass is 32.2. The van der Waals surface area contributed by atoms with Gasteiger partial charge in [0, 0.05) is 23.4 Å². The van der Waals surface area contributed by atoms with Crippen molar-refractivity contribution in [3.8, 4) is 28.8 Å². The predicted molar refractivity (Wildman–Crippen MR) is 132 cm³/mol. The number of aryl methyl sites for hydroxylation is 1. The highest BCUT2D eigenvalue weighted by molar-refractivity contribution is 7.90. The predicted octanol–water partition coefficient (Wildman–Crippen LogP) is 5.96. The second-order valence-corrected chi connectivity index (χ2v) is 10.7. The molecule has 0 atom stereocenters. The number of rotatable bonds is 6. The lowest BCUT2D eigenvalue weighted by Gasteiger charge is -2.16. The number of hydrogen-bond donors (Lipinski definition) is 0. The van der Waals surface area contributed by atoms with Crippen LogP contribution >= 0.6 is 0 Å². The van der Waals surface area contributed by atoms with Gasteiger partial charge in [0.1, 0.15) is 29.0 Å². The first-order valence-electron chi connectivity index (χ1n) is 11.4. The van der Waals surface area contributed by atoms with Gasteiger partial charge in [-0.05, 0) is 54.4 Å². The Morgan fingerprint density at radius 1 is 1.00 bits per heavy atom. The van der Waals surface area contributed by atoms with Gasteiger partial charge in [-0.3, -0.25) is 9.36 Å². The highest BCUT2D eigenvalue weighted by Crippen LogP contribution is 2.36. The fraction of sp³-hybridized carbons (Fsp3) is 0.185. The first kappa shape index (κ1) is 27.8. The molecule has 0 amide bonds. The van der Waals surface area contributed by atoms with E-state index in [1.165, 1.54) is 30.3 Å². The number of nitrogens with zero attached hydrogens (tertiary/aromatic N) is 2. The molecule has 0 saturated carbocycles. The number of sulfone groups is 1. The van der Waals surface area contributed by atoms with Gasteiger partial charge in [-0.25, -0.2) is 17.2 Å². The Morgan fingerprint density at radius 2 is 1.69 bits per heavy atom. The van der Waals surface area contributed by atoms with E-state index in [9.17, 15) is 40.4 Å². The molecule has 2 aromatic carbocycles. The quantitative estimate of drug-likeness (QED) is 0.271. The second-order valence-electron chi connectivity index (χ2n) is 8.71. The molecule has 39 heavy (non-hydrogen) atoms. The monoisotopic (exact) mass is 562 g/mol. The molecule has 0 fully saturated rings. The van der Waals surface area contributed by atoms with Gasteiger partial charge in [-0.1, -0.05) is 13.0 Å². The summed E-state index contributed by atoms with van der Waals surface area (Å²) < 4.78 is 100. The molecule has 0 saturated heterocycles. The summed E-state index contributed by atoms with van der Waals surface area (Å²) in [5, 5.41) is 9.34. The van der Waals surface area contributed by atoms with E-state index in [0.29, 0.717) is 29.7 Å². The van der Waals surface area contributed by atoms with Crippen molar-refractivity contribution in [2.75, 3.05) is 6.26 Å². The molecule has 2 aromatic heterocycles. The SMILES string of the molecule is CCc1cc(-c2ccc(-c3cc(C(F)(F)F)c(C#N)c(=O)n3Cc3ccc(F)cc3F)o2)cc(S(C)(=O)=O)c1. The molecule has 2 heterocycles. The summed E-state index contributed by atoms with van der Waals surface area (Å²) >= 11 is 0. The maximum absolute atomic E-state index is 14.4. The van der Waals surface area contributed by atoms with Crippen LogP contribution in [-0.4, -0.2) is 19.2 Å². The zero-order valence-electron chi connectivity index (χ0n) is 20.4. The molecule has 0 N–H and O–H groups in total. The Bertz CT molecular complexity index is 1800. The third kappa shape index (κ3) is 5.63. The standard InChI is InChI=1S/C27H19F5N2O4S/c1-3-15-8-17(10-19(9-15)39(2,36)37)24-6-7-25(38-24)23-12-21(27(30,31)32)20(13-33)26(35)34(23)14-16-4-5-18(28)11-22(16)29/h4-12H,3,14H2,1-2H3. The molecule has 6 nitrogen and oxygen atoms in total. The molecule has 4 aromatic rings. The fourth-order valence-electron chi connectivity index (χ4n) is 4.01. The molecule has 0 aliphatic heterocycles. The molecule has 0 unspecified atom stereocenters. The Hall–Kier alpha value is -4.24. The van der Waals surface area contributed by atoms with Gasteiger partial charge >= 0.3 is 6.18 Å². The van der Waals surface area contributed by atoms with Crippen LogP contribution in [0.2, 0.25) is 0 Å². The van der Waals surface area contributed by atoms with Crippen molar-refractivity contribution in [1.29, 1.82) is 5.26 Å². The summed E-state index contributed by atoms with van der Waals surface area (Å²) in [6.45, 7) is 1.17. The van der Waals surface area contributed by atoms with E-state index in [4.69, 9.17) is 4.42 Å². The van der Waals surface area contributed by atoms with Gasteiger partial charge in [0.25, 0.3) is 5.56 Å². The lowest BCUT2D eigenvalue weighted by Crippen LogP contribution is -2.29. The van der Waals surface area contributed by atoms with Crippen LogP contribution in [-0.2, 0) is 29.0 Å². The van der Waals surface area contributed by atoms with E-state index in [1.807, 2.05) is 0 Å². The van der Waals surface area contributed by atoms with Crippen LogP contribution in [0.15, 0.2) is 68.7 Å². The average molecular weight is 563 g/mol. The molecule has 0 spiro atoms. The van der Waals surface area contributed by atoms with E-state index < -0.39 is 56.6 Å². The van der Waals surface area contributed by atoms with E-state index in [0.717, 1.165) is 23.0 Å². The van der Waals surface area contributed by atoms with Gasteiger partial charge < -0.3 is 4.42 Å². The summed E-state index contributed by atoms with van der Waals surface area (Å²) in [6, 6.07) is 11.5. The van der Waals surface area contributed by atoms with Crippen molar-refractivity contribution in [3.05, 3.63) is 98.8 Å². The first-order chi connectivity index (χ1) is 18.2. The molecular weight excluding hydrogens is 543 g/mol. The molecule has 0 aliphatic rings. The number of nitriles is 1. The number of benzene rings is 2. The normalized spacial score (nSPS) is 11.9. The number of halogens is 5. The van der Waals surface area contributed by atoms with Crippen molar-refractivity contribution in [2.24, 2.45) is 0 Å². The van der Waals surface area contributed by atoms with Crippen LogP contribution in [0.25, 0.3) is 22.8 Å². The molecule has 202 valence electrons. The topological polar surface area (TPSA) is 93.1 Å². The largest absolute Gasteiger partial charge is 0.455 e. The molecule has 4 rings (SSSR count). The summed E-state index contributed by atoms with van der Waals surface area (Å²) in [5.74, 6) is -2.08. The van der Waals surface area contributed by atoms with Crippen molar-refractivity contribution in [2.45, 2.75) is 31.0 Å². The Balaban J connectivity index is 1.95. The third-order valence-electron chi connectivity index (χ3n) is 6.01. The van der Waals surface area contributed by atoms with E-state index in [1.54, 1.807) is 13.0 Å². The van der Waals surface area contributed by atoms with Gasteiger partial charge in [0.15, 0.2) is 15.6 Å². The van der Waals surface area contributed by atoms with Gasteiger partial charge in [-0.2, -0.15) is 18.4 Å². The van der Waals surface area contributed by atoms with Crippen LogP contribution < -0.4 is 5.56 Å². The Morgan fingerprint density at radius 3 is 2.28 bits per heavy atom. The zero-order chi connectivity index (χ0) is 28.7. The molecule has 12 heteroatoms. The molecular formula is C27H19F5N2O4S. The summed E-state index contributed by atoms with van der Waals surface area (Å²) in [6.07, 6.45) is -3.56. The van der Waals surface area contributed by atoms with E-state index >= 15 is 0 Å². The van der Waals surface area contributed by atoms with Crippen molar-refractivity contribution in [1.82, 2.24) is 4.57 Å². The van der Waals surface area contributed by atoms with Crippen LogP contribution in [0.5, 0.6) is 0 Å². The number of aromatic nitrogens is 1. The average Bonchev–Trinajstić information content (AvgIpc) is 3.35. The highest BCUT2D eigenvalue weighted by Gasteiger charge is 2.37. The van der Waals surface area contributed by atoms with Crippen molar-refractivity contribution in [3.63, 3.8) is 0 Å². The lowest BCUT2D eigenvalue weighted by molar-refractivity contribution is -0.137. The Kier molecular flexibility index (Phi) is 7.23. The number of hydrogen-bond acceptors (Lipinski definition) is 5. The summed E-state index contributed by atoms with van der Waals surface area (Å²) in [7, 11) is -3.60. The van der Waals surface area contributed by atoms with Gasteiger partial charge in [0.05, 0.1) is 22.7 Å². The second kappa shape index (κ2) is 10.1. The molecule has 0 aliphatic carbocycles. The van der Waals surface area contributed by atoms with Crippen molar-refractivity contribution >= 4 is 9.84 Å². The zero-order valence-corrected chi connectivity index (χ0v) is 21.3. The lowest BCUT2D eigenvalue weighted by atomic mass is 10.1. The Labute approximate surface area is 219 Å². The minimum atomic E-state index is -5.07. The smallest absolute Gasteiger partial charge is 0.417 e. The van der Waals surface area contributed by atoms with Gasteiger partial charge in [-0.15, -0.1) is 0 Å². The minimum Gasteiger partial charge on any atom is -0.455 e. The summed E-state index contributed by atoms with van der Waals surface area (Å²) in [5.41, 5.74) is -3.71. The first-order valence-corrected chi connectivity index (χ1v) is 13.3. The fourth-order valence-corrected chi connectivity index (χ4v) is 4.72. The maximum atomic E-state index is 14.4. The number of pyridine rings is 1. The van der Waals surface area contributed by atoms with Crippen LogP contribution in [0.4, 0.5) is 22.0 Å². The molecule has 0 radical (unpaired) electrons. The summed E-state index contributed by atoms with van der Waals surface area (Å²) in [4.78, 5) is 13.1. The minimum absolute atomic E-state index is 0.0104. The number of alkyl halides is 3. The van der Waals surface area contributed by atoms with Crippen LogP contribution in [0.3, 0.4) is 0 Å². The van der Waals surface area contributed by atoms with E-state index in [2.05, 4.69) is 0 Å². The maximum Gasteiger partial charge on any atom is 0.417 e. The van der Waals surface area contributed by atoms with E-state index in [-0.39, 0.29) is 22.0 Å².